The van der Waals surface area contributed by atoms with E-state index in [9.17, 15) is 19.8 Å². The van der Waals surface area contributed by atoms with Crippen molar-refractivity contribution in [3.63, 3.8) is 0 Å². The van der Waals surface area contributed by atoms with Crippen LogP contribution in [0.1, 0.15) is 31.2 Å². The van der Waals surface area contributed by atoms with Gasteiger partial charge in [0.05, 0.1) is 5.56 Å². The van der Waals surface area contributed by atoms with Gasteiger partial charge in [-0.05, 0) is 43.7 Å². The standard InChI is InChI=1S/C14H13NO4S/c1-7-8(2)20-13(11(7)14(18)19)15-12(17)9-3-5-10(16)6-4-9/h3-6,16H,1-2H3,(H,15,17)(H,18,19). The van der Waals surface area contributed by atoms with Crippen molar-refractivity contribution in [3.8, 4) is 5.75 Å². The highest BCUT2D eigenvalue weighted by Gasteiger charge is 2.20. The third-order valence-electron chi connectivity index (χ3n) is 2.96. The summed E-state index contributed by atoms with van der Waals surface area (Å²) in [6.45, 7) is 3.52. The highest BCUT2D eigenvalue weighted by atomic mass is 32.1. The van der Waals surface area contributed by atoms with Gasteiger partial charge in [-0.15, -0.1) is 11.3 Å². The van der Waals surface area contributed by atoms with Crippen molar-refractivity contribution in [3.05, 3.63) is 45.8 Å². The van der Waals surface area contributed by atoms with Crippen LogP contribution in [0.5, 0.6) is 5.75 Å². The molecule has 2 aromatic rings. The van der Waals surface area contributed by atoms with E-state index in [1.165, 1.54) is 35.6 Å². The number of hydrogen-bond acceptors (Lipinski definition) is 4. The summed E-state index contributed by atoms with van der Waals surface area (Å²) in [7, 11) is 0. The largest absolute Gasteiger partial charge is 0.508 e. The van der Waals surface area contributed by atoms with E-state index in [1.54, 1.807) is 6.92 Å². The third kappa shape index (κ3) is 2.65. The maximum absolute atomic E-state index is 12.0. The molecule has 104 valence electrons. The molecule has 6 heteroatoms. The number of thiophene rings is 1. The predicted molar refractivity (Wildman–Crippen MR) is 76.8 cm³/mol. The number of aromatic carboxylic acids is 1. The first-order chi connectivity index (χ1) is 9.40. The Morgan fingerprint density at radius 1 is 1.15 bits per heavy atom. The number of nitrogens with one attached hydrogen (secondary N) is 1. The number of hydrogen-bond donors (Lipinski definition) is 3. The van der Waals surface area contributed by atoms with Gasteiger partial charge < -0.3 is 15.5 Å². The number of aryl methyl sites for hydroxylation is 1. The number of phenolic OH excluding ortho intramolecular Hbond substituents is 1. The highest BCUT2D eigenvalue weighted by molar-refractivity contribution is 7.16. The molecule has 1 aromatic carbocycles. The van der Waals surface area contributed by atoms with Crippen molar-refractivity contribution in [1.82, 2.24) is 0 Å². The molecule has 0 aliphatic carbocycles. The lowest BCUT2D eigenvalue weighted by Crippen LogP contribution is -2.13. The van der Waals surface area contributed by atoms with Gasteiger partial charge in [-0.2, -0.15) is 0 Å². The Morgan fingerprint density at radius 2 is 1.75 bits per heavy atom. The number of anilines is 1. The summed E-state index contributed by atoms with van der Waals surface area (Å²) in [5.74, 6) is -1.41. The number of amides is 1. The average molecular weight is 291 g/mol. The van der Waals surface area contributed by atoms with Crippen LogP contribution in [0.4, 0.5) is 5.00 Å². The lowest BCUT2D eigenvalue weighted by atomic mass is 10.1. The van der Waals surface area contributed by atoms with Crippen LogP contribution in [0.15, 0.2) is 24.3 Å². The minimum atomic E-state index is -1.06. The van der Waals surface area contributed by atoms with Crippen LogP contribution in [-0.4, -0.2) is 22.1 Å². The van der Waals surface area contributed by atoms with Gasteiger partial charge in [-0.1, -0.05) is 0 Å². The van der Waals surface area contributed by atoms with Crippen LogP contribution in [0, 0.1) is 13.8 Å². The number of phenols is 1. The molecule has 0 radical (unpaired) electrons. The van der Waals surface area contributed by atoms with Crippen molar-refractivity contribution in [1.29, 1.82) is 0 Å². The fourth-order valence-electron chi connectivity index (χ4n) is 1.76. The number of carbonyl (C=O) groups is 2. The molecular weight excluding hydrogens is 278 g/mol. The first-order valence-electron chi connectivity index (χ1n) is 5.84. The maximum Gasteiger partial charge on any atom is 0.338 e. The molecule has 5 nitrogen and oxygen atoms in total. The van der Waals surface area contributed by atoms with Gasteiger partial charge >= 0.3 is 5.97 Å². The summed E-state index contributed by atoms with van der Waals surface area (Å²) in [5.41, 5.74) is 1.13. The molecule has 0 fully saturated rings. The molecule has 0 saturated heterocycles. The van der Waals surface area contributed by atoms with E-state index in [0.717, 1.165) is 4.88 Å². The van der Waals surface area contributed by atoms with Gasteiger partial charge in [-0.3, -0.25) is 4.79 Å². The molecule has 3 N–H and O–H groups in total. The molecular formula is C14H13NO4S. The lowest BCUT2D eigenvalue weighted by molar-refractivity contribution is 0.0697. The average Bonchev–Trinajstić information content (AvgIpc) is 2.65. The quantitative estimate of drug-likeness (QED) is 0.811. The molecule has 0 bridgehead atoms. The topological polar surface area (TPSA) is 86.6 Å². The van der Waals surface area contributed by atoms with Crippen LogP contribution in [0.2, 0.25) is 0 Å². The normalized spacial score (nSPS) is 10.3. The Kier molecular flexibility index (Phi) is 3.76. The van der Waals surface area contributed by atoms with Crippen molar-refractivity contribution in [2.45, 2.75) is 13.8 Å². The Hall–Kier alpha value is -2.34. The van der Waals surface area contributed by atoms with E-state index >= 15 is 0 Å². The molecule has 1 amide bonds. The Labute approximate surface area is 119 Å². The van der Waals surface area contributed by atoms with Crippen LogP contribution in [0.3, 0.4) is 0 Å². The molecule has 0 unspecified atom stereocenters. The summed E-state index contributed by atoms with van der Waals surface area (Å²) in [5, 5.41) is 21.3. The minimum absolute atomic E-state index is 0.0654. The second-order valence-electron chi connectivity index (χ2n) is 4.29. The monoisotopic (exact) mass is 291 g/mol. The van der Waals surface area contributed by atoms with Gasteiger partial charge in [0.15, 0.2) is 0 Å². The zero-order valence-electron chi connectivity index (χ0n) is 10.9. The number of carbonyl (C=O) groups excluding carboxylic acids is 1. The molecule has 2 rings (SSSR count). The van der Waals surface area contributed by atoms with Gasteiger partial charge in [0, 0.05) is 10.4 Å². The zero-order chi connectivity index (χ0) is 14.9. The number of carboxylic acids is 1. The van der Waals surface area contributed by atoms with Gasteiger partial charge in [0.2, 0.25) is 0 Å². The molecule has 0 spiro atoms. The van der Waals surface area contributed by atoms with E-state index in [0.29, 0.717) is 16.1 Å². The Balaban J connectivity index is 2.30. The lowest BCUT2D eigenvalue weighted by Gasteiger charge is -2.04. The number of carboxylic acid groups (broad SMARTS) is 1. The van der Waals surface area contributed by atoms with E-state index < -0.39 is 11.9 Å². The molecule has 0 atom stereocenters. The van der Waals surface area contributed by atoms with Gasteiger partial charge in [0.25, 0.3) is 5.91 Å². The van der Waals surface area contributed by atoms with Crippen molar-refractivity contribution < 1.29 is 19.8 Å². The van der Waals surface area contributed by atoms with Crippen molar-refractivity contribution in [2.75, 3.05) is 5.32 Å². The number of aromatic hydroxyl groups is 1. The van der Waals surface area contributed by atoms with Crippen LogP contribution in [-0.2, 0) is 0 Å². The van der Waals surface area contributed by atoms with Crippen LogP contribution >= 0.6 is 11.3 Å². The summed E-state index contributed by atoms with van der Waals surface area (Å²) >= 11 is 1.23. The summed E-state index contributed by atoms with van der Waals surface area (Å²) < 4.78 is 0. The molecule has 0 saturated carbocycles. The fraction of sp³-hybridized carbons (Fsp3) is 0.143. The van der Waals surface area contributed by atoms with Crippen molar-refractivity contribution in [2.24, 2.45) is 0 Å². The van der Waals surface area contributed by atoms with E-state index in [-0.39, 0.29) is 11.3 Å². The van der Waals surface area contributed by atoms with E-state index in [1.807, 2.05) is 6.92 Å². The predicted octanol–water partition coefficient (Wildman–Crippen LogP) is 3.02. The van der Waals surface area contributed by atoms with Crippen molar-refractivity contribution >= 4 is 28.2 Å². The molecule has 1 aromatic heterocycles. The summed E-state index contributed by atoms with van der Waals surface area (Å²) in [6.07, 6.45) is 0. The first kappa shape index (κ1) is 14.1. The number of benzene rings is 1. The maximum atomic E-state index is 12.0. The second-order valence-corrected chi connectivity index (χ2v) is 5.52. The molecule has 0 aliphatic heterocycles. The zero-order valence-corrected chi connectivity index (χ0v) is 11.7. The minimum Gasteiger partial charge on any atom is -0.508 e. The fourth-order valence-corrected chi connectivity index (χ4v) is 2.81. The van der Waals surface area contributed by atoms with E-state index in [2.05, 4.69) is 5.32 Å². The molecule has 0 aliphatic rings. The number of rotatable bonds is 3. The first-order valence-corrected chi connectivity index (χ1v) is 6.65. The highest BCUT2D eigenvalue weighted by Crippen LogP contribution is 2.32. The van der Waals surface area contributed by atoms with Crippen LogP contribution < -0.4 is 5.32 Å². The third-order valence-corrected chi connectivity index (χ3v) is 4.08. The van der Waals surface area contributed by atoms with E-state index in [4.69, 9.17) is 0 Å². The van der Waals surface area contributed by atoms with Crippen LogP contribution in [0.25, 0.3) is 0 Å². The van der Waals surface area contributed by atoms with Gasteiger partial charge in [0.1, 0.15) is 10.8 Å². The van der Waals surface area contributed by atoms with Gasteiger partial charge in [-0.25, -0.2) is 4.79 Å². The SMILES string of the molecule is Cc1sc(NC(=O)c2ccc(O)cc2)c(C(=O)O)c1C. The molecule has 20 heavy (non-hydrogen) atoms. The Morgan fingerprint density at radius 3 is 2.30 bits per heavy atom. The summed E-state index contributed by atoms with van der Waals surface area (Å²) in [6, 6.07) is 5.74. The summed E-state index contributed by atoms with van der Waals surface area (Å²) in [4.78, 5) is 24.1. The Bertz CT molecular complexity index is 673. The second kappa shape index (κ2) is 5.34. The molecule has 1 heterocycles. The smallest absolute Gasteiger partial charge is 0.338 e.